The van der Waals surface area contributed by atoms with E-state index in [4.69, 9.17) is 27.4 Å². The molecule has 2 unspecified atom stereocenters. The molecule has 0 spiro atoms. The van der Waals surface area contributed by atoms with Crippen molar-refractivity contribution in [1.29, 1.82) is 0 Å². The van der Waals surface area contributed by atoms with Crippen LogP contribution in [-0.4, -0.2) is 18.2 Å². The summed E-state index contributed by atoms with van der Waals surface area (Å²) in [5.74, 6) is 1.49. The highest BCUT2D eigenvalue weighted by Gasteiger charge is 2.19. The molecular formula is C16H23NO2S. The molecule has 110 valence electrons. The summed E-state index contributed by atoms with van der Waals surface area (Å²) in [5, 5.41) is 0. The van der Waals surface area contributed by atoms with Crippen LogP contribution in [0, 0.1) is 5.92 Å². The first-order valence-corrected chi connectivity index (χ1v) is 7.59. The summed E-state index contributed by atoms with van der Waals surface area (Å²) in [4.78, 5) is 0.356. The van der Waals surface area contributed by atoms with Gasteiger partial charge in [-0.15, -0.1) is 0 Å². The maximum absolute atomic E-state index is 6.02. The maximum Gasteiger partial charge on any atom is 0.129 e. The summed E-state index contributed by atoms with van der Waals surface area (Å²) in [5.41, 5.74) is 7.59. The summed E-state index contributed by atoms with van der Waals surface area (Å²) in [6.07, 6.45) is 5.32. The van der Waals surface area contributed by atoms with Gasteiger partial charge in [0.2, 0.25) is 0 Å². The molecule has 0 radical (unpaired) electrons. The summed E-state index contributed by atoms with van der Waals surface area (Å²) in [6, 6.07) is 5.87. The largest absolute Gasteiger partial charge is 0.496 e. The minimum absolute atomic E-state index is 0.356. The molecule has 2 N–H and O–H groups in total. The topological polar surface area (TPSA) is 44.5 Å². The van der Waals surface area contributed by atoms with Gasteiger partial charge in [-0.1, -0.05) is 38.0 Å². The molecule has 0 heterocycles. The smallest absolute Gasteiger partial charge is 0.129 e. The van der Waals surface area contributed by atoms with E-state index in [0.717, 1.165) is 23.5 Å². The van der Waals surface area contributed by atoms with Crippen LogP contribution in [0.15, 0.2) is 18.2 Å². The summed E-state index contributed by atoms with van der Waals surface area (Å²) in [7, 11) is 1.62. The van der Waals surface area contributed by atoms with Crippen LogP contribution in [-0.2, 0) is 11.3 Å². The monoisotopic (exact) mass is 293 g/mol. The fourth-order valence-electron chi connectivity index (χ4n) is 2.78. The van der Waals surface area contributed by atoms with Crippen LogP contribution < -0.4 is 10.5 Å². The Morgan fingerprint density at radius 3 is 2.85 bits per heavy atom. The van der Waals surface area contributed by atoms with Gasteiger partial charge < -0.3 is 15.2 Å². The van der Waals surface area contributed by atoms with E-state index in [2.05, 4.69) is 6.92 Å². The van der Waals surface area contributed by atoms with E-state index in [1.165, 1.54) is 19.3 Å². The van der Waals surface area contributed by atoms with E-state index in [1.807, 2.05) is 18.2 Å². The average molecular weight is 293 g/mol. The van der Waals surface area contributed by atoms with Crippen LogP contribution in [0.3, 0.4) is 0 Å². The minimum Gasteiger partial charge on any atom is -0.496 e. The Hall–Kier alpha value is -1.13. The van der Waals surface area contributed by atoms with E-state index < -0.39 is 0 Å². The van der Waals surface area contributed by atoms with Crippen molar-refractivity contribution in [1.82, 2.24) is 0 Å². The van der Waals surface area contributed by atoms with Crippen molar-refractivity contribution in [2.75, 3.05) is 7.11 Å². The number of nitrogens with two attached hydrogens (primary N) is 1. The van der Waals surface area contributed by atoms with E-state index in [9.17, 15) is 0 Å². The van der Waals surface area contributed by atoms with Gasteiger partial charge in [0.15, 0.2) is 0 Å². The Kier molecular flexibility index (Phi) is 5.38. The van der Waals surface area contributed by atoms with Crippen LogP contribution in [0.2, 0.25) is 0 Å². The Bertz CT molecular complexity index is 476. The molecule has 0 aliphatic heterocycles. The number of hydrogen-bond donors (Lipinski definition) is 1. The van der Waals surface area contributed by atoms with Gasteiger partial charge in [0, 0.05) is 0 Å². The standard InChI is InChI=1S/C16H23NO2S/c1-11-4-3-5-13(8-11)19-10-12-6-7-15(18-2)14(9-12)16(17)20/h6-7,9,11,13H,3-5,8,10H2,1-2H3,(H2,17,20). The van der Waals surface area contributed by atoms with Gasteiger partial charge in [-0.3, -0.25) is 0 Å². The lowest BCUT2D eigenvalue weighted by molar-refractivity contribution is 0.00465. The van der Waals surface area contributed by atoms with Crippen molar-refractivity contribution in [3.05, 3.63) is 29.3 Å². The number of methoxy groups -OCH3 is 1. The molecule has 1 aliphatic carbocycles. The van der Waals surface area contributed by atoms with E-state index >= 15 is 0 Å². The number of ether oxygens (including phenoxy) is 2. The number of thiocarbonyl (C=S) groups is 1. The molecule has 1 fully saturated rings. The quantitative estimate of drug-likeness (QED) is 0.845. The van der Waals surface area contributed by atoms with E-state index in [0.29, 0.717) is 23.4 Å². The van der Waals surface area contributed by atoms with Crippen molar-refractivity contribution in [3.8, 4) is 5.75 Å². The molecule has 1 aromatic carbocycles. The molecule has 1 aliphatic rings. The highest BCUT2D eigenvalue weighted by atomic mass is 32.1. The SMILES string of the molecule is COc1ccc(COC2CCCC(C)C2)cc1C(N)=S. The maximum atomic E-state index is 6.02. The predicted molar refractivity (Wildman–Crippen MR) is 85.1 cm³/mol. The van der Waals surface area contributed by atoms with Crippen LogP contribution in [0.5, 0.6) is 5.75 Å². The molecule has 4 heteroatoms. The first-order valence-electron chi connectivity index (χ1n) is 7.18. The number of hydrogen-bond acceptors (Lipinski definition) is 3. The molecule has 2 rings (SSSR count). The highest BCUT2D eigenvalue weighted by molar-refractivity contribution is 7.80. The van der Waals surface area contributed by atoms with Crippen LogP contribution >= 0.6 is 12.2 Å². The van der Waals surface area contributed by atoms with Gasteiger partial charge in [0.05, 0.1) is 25.4 Å². The third kappa shape index (κ3) is 3.93. The zero-order chi connectivity index (χ0) is 14.5. The Balaban J connectivity index is 1.99. The number of benzene rings is 1. The van der Waals surface area contributed by atoms with Crippen molar-refractivity contribution < 1.29 is 9.47 Å². The minimum atomic E-state index is 0.356. The Labute approximate surface area is 126 Å². The molecule has 0 amide bonds. The lowest BCUT2D eigenvalue weighted by Gasteiger charge is -2.26. The Morgan fingerprint density at radius 1 is 1.40 bits per heavy atom. The molecule has 0 bridgehead atoms. The van der Waals surface area contributed by atoms with E-state index in [-0.39, 0.29) is 0 Å². The molecular weight excluding hydrogens is 270 g/mol. The lowest BCUT2D eigenvalue weighted by atomic mass is 9.89. The van der Waals surface area contributed by atoms with Crippen molar-refractivity contribution >= 4 is 17.2 Å². The van der Waals surface area contributed by atoms with Crippen molar-refractivity contribution in [2.24, 2.45) is 11.7 Å². The molecule has 2 atom stereocenters. The first kappa shape index (κ1) is 15.3. The Morgan fingerprint density at radius 2 is 2.20 bits per heavy atom. The van der Waals surface area contributed by atoms with Crippen molar-refractivity contribution in [2.45, 2.75) is 45.3 Å². The second-order valence-electron chi connectivity index (χ2n) is 5.60. The third-order valence-electron chi connectivity index (χ3n) is 3.90. The molecule has 1 aromatic rings. The van der Waals surface area contributed by atoms with Crippen LogP contribution in [0.4, 0.5) is 0 Å². The molecule has 0 saturated heterocycles. The summed E-state index contributed by atoms with van der Waals surface area (Å²) >= 11 is 5.06. The molecule has 3 nitrogen and oxygen atoms in total. The highest BCUT2D eigenvalue weighted by Crippen LogP contribution is 2.27. The van der Waals surface area contributed by atoms with Gasteiger partial charge in [0.1, 0.15) is 10.7 Å². The third-order valence-corrected chi connectivity index (χ3v) is 4.12. The zero-order valence-electron chi connectivity index (χ0n) is 12.2. The van der Waals surface area contributed by atoms with Crippen molar-refractivity contribution in [3.63, 3.8) is 0 Å². The second kappa shape index (κ2) is 7.04. The normalized spacial score (nSPS) is 22.5. The molecule has 1 saturated carbocycles. The lowest BCUT2D eigenvalue weighted by Crippen LogP contribution is -2.21. The number of rotatable bonds is 5. The van der Waals surface area contributed by atoms with Crippen LogP contribution in [0.1, 0.15) is 43.7 Å². The molecule has 20 heavy (non-hydrogen) atoms. The van der Waals surface area contributed by atoms with Gasteiger partial charge in [-0.05, 0) is 36.5 Å². The van der Waals surface area contributed by atoms with E-state index in [1.54, 1.807) is 7.11 Å². The first-order chi connectivity index (χ1) is 9.60. The average Bonchev–Trinajstić information content (AvgIpc) is 2.45. The van der Waals surface area contributed by atoms with Gasteiger partial charge in [-0.25, -0.2) is 0 Å². The van der Waals surface area contributed by atoms with Crippen LogP contribution in [0.25, 0.3) is 0 Å². The van der Waals surface area contributed by atoms with Gasteiger partial charge >= 0.3 is 0 Å². The second-order valence-corrected chi connectivity index (χ2v) is 6.04. The van der Waals surface area contributed by atoms with Gasteiger partial charge in [-0.2, -0.15) is 0 Å². The summed E-state index contributed by atoms with van der Waals surface area (Å²) < 4.78 is 11.3. The molecule has 0 aromatic heterocycles. The predicted octanol–water partition coefficient (Wildman–Crippen LogP) is 3.42. The summed E-state index contributed by atoms with van der Waals surface area (Å²) in [6.45, 7) is 2.91. The fourth-order valence-corrected chi connectivity index (χ4v) is 2.94. The van der Waals surface area contributed by atoms with Gasteiger partial charge in [0.25, 0.3) is 0 Å². The zero-order valence-corrected chi connectivity index (χ0v) is 13.0. The fraction of sp³-hybridized carbons (Fsp3) is 0.562.